The summed E-state index contributed by atoms with van der Waals surface area (Å²) in [5, 5.41) is 20.7. The number of hydrogen-bond acceptors (Lipinski definition) is 8. The lowest BCUT2D eigenvalue weighted by Crippen LogP contribution is -2.53. The van der Waals surface area contributed by atoms with Crippen LogP contribution in [-0.4, -0.2) is 82.4 Å². The summed E-state index contributed by atoms with van der Waals surface area (Å²) in [5.41, 5.74) is 4.09. The number of aromatic nitrogens is 2. The van der Waals surface area contributed by atoms with Gasteiger partial charge in [0, 0.05) is 44.5 Å². The molecule has 2 atom stereocenters. The third-order valence-corrected chi connectivity index (χ3v) is 7.90. The van der Waals surface area contributed by atoms with Crippen molar-refractivity contribution >= 4 is 27.8 Å². The number of carboxylic acid groups (broad SMARTS) is 1. The van der Waals surface area contributed by atoms with Gasteiger partial charge < -0.3 is 19.7 Å². The van der Waals surface area contributed by atoms with E-state index in [4.69, 9.17) is 4.42 Å². The van der Waals surface area contributed by atoms with Gasteiger partial charge in [-0.1, -0.05) is 11.2 Å². The Bertz CT molecular complexity index is 1170. The molecule has 4 rings (SSSR count). The van der Waals surface area contributed by atoms with E-state index in [-0.39, 0.29) is 12.1 Å². The highest BCUT2D eigenvalue weighted by molar-refractivity contribution is 7.88. The summed E-state index contributed by atoms with van der Waals surface area (Å²) in [6.45, 7) is 8.97. The van der Waals surface area contributed by atoms with E-state index in [0.29, 0.717) is 45.0 Å². The van der Waals surface area contributed by atoms with Crippen LogP contribution in [0.25, 0.3) is 0 Å². The summed E-state index contributed by atoms with van der Waals surface area (Å²) < 4.78 is 31.3. The normalized spacial score (nSPS) is 22.3. The molecule has 34 heavy (non-hydrogen) atoms. The molecule has 1 amide bonds. The topological polar surface area (TPSA) is 132 Å². The van der Waals surface area contributed by atoms with Gasteiger partial charge in [-0.2, -0.15) is 4.31 Å². The first-order chi connectivity index (χ1) is 16.0. The third kappa shape index (κ3) is 5.18. The maximum atomic E-state index is 12.1. The summed E-state index contributed by atoms with van der Waals surface area (Å²) in [7, 11) is -3.35. The van der Waals surface area contributed by atoms with E-state index < -0.39 is 22.2 Å². The largest absolute Gasteiger partial charge is 0.465 e. The predicted molar refractivity (Wildman–Crippen MR) is 126 cm³/mol. The fourth-order valence-electron chi connectivity index (χ4n) is 4.85. The molecule has 2 fully saturated rings. The summed E-state index contributed by atoms with van der Waals surface area (Å²) in [6.07, 6.45) is 1.72. The number of rotatable bonds is 6. The highest BCUT2D eigenvalue weighted by Crippen LogP contribution is 2.34. The van der Waals surface area contributed by atoms with Crippen LogP contribution in [0.5, 0.6) is 0 Å². The Morgan fingerprint density at radius 3 is 2.68 bits per heavy atom. The highest BCUT2D eigenvalue weighted by atomic mass is 32.2. The molecule has 0 spiro atoms. The van der Waals surface area contributed by atoms with Crippen LogP contribution in [-0.2, 0) is 16.6 Å². The zero-order valence-corrected chi connectivity index (χ0v) is 20.8. The van der Waals surface area contributed by atoms with Crippen LogP contribution >= 0.6 is 0 Å². The molecule has 12 heteroatoms. The minimum Gasteiger partial charge on any atom is -0.465 e. The molecule has 11 nitrogen and oxygen atoms in total. The Hall–Kier alpha value is -2.70. The number of piperazine rings is 1. The first kappa shape index (κ1) is 24.4. The van der Waals surface area contributed by atoms with Crippen LogP contribution in [0.1, 0.15) is 48.4 Å². The Kier molecular flexibility index (Phi) is 6.83. The molecule has 0 bridgehead atoms. The Morgan fingerprint density at radius 2 is 2.00 bits per heavy atom. The quantitative estimate of drug-likeness (QED) is 0.624. The van der Waals surface area contributed by atoms with E-state index >= 15 is 0 Å². The summed E-state index contributed by atoms with van der Waals surface area (Å²) >= 11 is 0. The van der Waals surface area contributed by atoms with Crippen molar-refractivity contribution in [3.63, 3.8) is 0 Å². The molecule has 2 N–H and O–H groups in total. The van der Waals surface area contributed by atoms with E-state index in [0.717, 1.165) is 28.8 Å². The van der Waals surface area contributed by atoms with Gasteiger partial charge in [-0.3, -0.25) is 4.90 Å². The monoisotopic (exact) mass is 492 g/mol. The molecule has 0 unspecified atom stereocenters. The van der Waals surface area contributed by atoms with Gasteiger partial charge in [0.1, 0.15) is 6.04 Å². The van der Waals surface area contributed by atoms with Crippen LogP contribution in [0, 0.1) is 13.8 Å². The van der Waals surface area contributed by atoms with E-state index in [1.54, 1.807) is 0 Å². The average molecular weight is 493 g/mol. The van der Waals surface area contributed by atoms with Crippen molar-refractivity contribution in [2.45, 2.75) is 52.2 Å². The lowest BCUT2D eigenvalue weighted by Gasteiger charge is -2.38. The number of hydrogen-bond donors (Lipinski definition) is 2. The molecule has 2 aliphatic rings. The van der Waals surface area contributed by atoms with Crippen LogP contribution in [0.15, 0.2) is 16.5 Å². The Labute approximate surface area is 199 Å². The minimum atomic E-state index is -3.35. The predicted octanol–water partition coefficient (Wildman–Crippen LogP) is 2.71. The third-order valence-electron chi connectivity index (χ3n) is 6.61. The van der Waals surface area contributed by atoms with Gasteiger partial charge in [0.15, 0.2) is 0 Å². The SMILES string of the molecule is Cc1cc(CN2CCN(C(=O)O)[C@@H](C)C2)c(C)c(Nc2nnc([C@@H]3CCCN3S(C)(=O)=O)o2)c1. The number of carbonyl (C=O) groups is 1. The van der Waals surface area contributed by atoms with Gasteiger partial charge >= 0.3 is 12.1 Å². The molecule has 0 saturated carbocycles. The molecular weight excluding hydrogens is 460 g/mol. The zero-order chi connectivity index (χ0) is 24.6. The first-order valence-electron chi connectivity index (χ1n) is 11.4. The molecule has 1 aromatic carbocycles. The maximum Gasteiger partial charge on any atom is 0.407 e. The molecule has 2 aliphatic heterocycles. The summed E-state index contributed by atoms with van der Waals surface area (Å²) in [4.78, 5) is 15.1. The number of aryl methyl sites for hydroxylation is 1. The smallest absolute Gasteiger partial charge is 0.407 e. The summed E-state index contributed by atoms with van der Waals surface area (Å²) in [5.74, 6) is 0.293. The van der Waals surface area contributed by atoms with Crippen molar-refractivity contribution in [3.8, 4) is 0 Å². The molecule has 2 aromatic rings. The minimum absolute atomic E-state index is 0.0622. The molecule has 1 aromatic heterocycles. The van der Waals surface area contributed by atoms with Gasteiger partial charge in [-0.15, -0.1) is 5.10 Å². The Morgan fingerprint density at radius 1 is 1.24 bits per heavy atom. The summed E-state index contributed by atoms with van der Waals surface area (Å²) in [6, 6.07) is 3.87. The number of amides is 1. The van der Waals surface area contributed by atoms with Crippen LogP contribution in [0.3, 0.4) is 0 Å². The molecule has 2 saturated heterocycles. The second kappa shape index (κ2) is 9.51. The van der Waals surface area contributed by atoms with Gasteiger partial charge in [-0.25, -0.2) is 13.2 Å². The molecular formula is C22H32N6O5S. The second-order valence-electron chi connectivity index (χ2n) is 9.26. The van der Waals surface area contributed by atoms with Gasteiger partial charge in [-0.05, 0) is 56.4 Å². The zero-order valence-electron chi connectivity index (χ0n) is 20.0. The number of nitrogens with one attached hydrogen (secondary N) is 1. The van der Waals surface area contributed by atoms with Crippen molar-refractivity contribution in [2.24, 2.45) is 0 Å². The van der Waals surface area contributed by atoms with Gasteiger partial charge in [0.25, 0.3) is 0 Å². The van der Waals surface area contributed by atoms with Crippen molar-refractivity contribution in [2.75, 3.05) is 37.8 Å². The lowest BCUT2D eigenvalue weighted by molar-refractivity contribution is 0.0710. The van der Waals surface area contributed by atoms with Crippen molar-refractivity contribution in [1.82, 2.24) is 24.3 Å². The molecule has 0 radical (unpaired) electrons. The second-order valence-corrected chi connectivity index (χ2v) is 11.2. The lowest BCUT2D eigenvalue weighted by atomic mass is 10.0. The van der Waals surface area contributed by atoms with Gasteiger partial charge in [0.2, 0.25) is 15.9 Å². The van der Waals surface area contributed by atoms with Gasteiger partial charge in [0.05, 0.1) is 6.26 Å². The van der Waals surface area contributed by atoms with E-state index in [9.17, 15) is 18.3 Å². The Balaban J connectivity index is 1.48. The van der Waals surface area contributed by atoms with Crippen molar-refractivity contribution in [1.29, 1.82) is 0 Å². The maximum absolute atomic E-state index is 12.1. The van der Waals surface area contributed by atoms with Crippen LogP contribution in [0.4, 0.5) is 16.5 Å². The number of benzene rings is 1. The average Bonchev–Trinajstić information content (AvgIpc) is 3.40. The van der Waals surface area contributed by atoms with Crippen molar-refractivity contribution < 1.29 is 22.7 Å². The fraction of sp³-hybridized carbons (Fsp3) is 0.591. The molecule has 0 aliphatic carbocycles. The number of sulfonamides is 1. The number of nitrogens with zero attached hydrogens (tertiary/aromatic N) is 5. The highest BCUT2D eigenvalue weighted by Gasteiger charge is 2.36. The number of anilines is 2. The first-order valence-corrected chi connectivity index (χ1v) is 13.3. The molecule has 186 valence electrons. The fourth-order valence-corrected chi connectivity index (χ4v) is 5.97. The molecule has 3 heterocycles. The van der Waals surface area contributed by atoms with Crippen LogP contribution < -0.4 is 5.32 Å². The van der Waals surface area contributed by atoms with E-state index in [1.807, 2.05) is 26.8 Å². The van der Waals surface area contributed by atoms with Crippen LogP contribution in [0.2, 0.25) is 0 Å². The van der Waals surface area contributed by atoms with E-state index in [1.165, 1.54) is 15.5 Å². The van der Waals surface area contributed by atoms with E-state index in [2.05, 4.69) is 26.5 Å². The standard InChI is InChI=1S/C22H32N6O5S/c1-14-10-17(13-26-8-9-27(22(29)30)15(2)12-26)16(3)18(11-14)23-21-25-24-20(33-21)19-6-5-7-28(19)34(4,31)32/h10-11,15,19H,5-9,12-13H2,1-4H3,(H,23,25)(H,29,30)/t15-,19-/m0/s1. The van der Waals surface area contributed by atoms with Crippen molar-refractivity contribution in [3.05, 3.63) is 34.7 Å².